The van der Waals surface area contributed by atoms with Crippen LogP contribution >= 0.6 is 0 Å². The number of carbonyl (C=O) groups excluding carboxylic acids is 4. The minimum atomic E-state index is -0.115. The summed E-state index contributed by atoms with van der Waals surface area (Å²) in [5.74, 6) is 4.78. The van der Waals surface area contributed by atoms with Crippen molar-refractivity contribution in [2.75, 3.05) is 197 Å². The summed E-state index contributed by atoms with van der Waals surface area (Å²) in [4.78, 5) is 103. The number of amides is 4. The van der Waals surface area contributed by atoms with Crippen molar-refractivity contribution in [2.45, 2.75) is 52.6 Å². The Kier molecular flexibility index (Phi) is 22.9. The number of hydrogen-bond donors (Lipinski definition) is 4. The standard InChI is InChI=1S/C28H33N7O3.C27H33N7O2.C26H31N7O2/c1-5-35-23-17-29-28(32-25(23)34(3)22-9-7-6-8-20(22)27(35)37)31-21-11-10-18(16-24(21)38-4)26(36)30-19-12-14-33(2)15-13-19;1-18(2)34-23-17-28-27(30-25(23)32(4)22-9-7-6-8-20(22)26(34)35)29-21-11-10-19(16-24(21)36-5)33-14-12-31(3)13-15-33;1-5-33-22-17-27-26(29-24(22)31(3)21-9-7-6-8-19(21)25(33)34)28-20-11-10-18(16-23(20)35-4)32-14-12-30(2)13-15-32/h6-11,16-17,19H,5,12-15H2,1-4H3,(H,30,36)(H,29,31,32);6-11,16-18H,12-15H2,1-5H3,(H,28,29,30);6-11,16-17H,5,12-15H2,1-4H3,(H,27,28,29). The van der Waals surface area contributed by atoms with Crippen LogP contribution in [-0.2, 0) is 0 Å². The quantitative estimate of drug-likeness (QED) is 0.0701. The number of fused-ring (bicyclic) bond motifs is 6. The zero-order chi connectivity index (χ0) is 76.7. The van der Waals surface area contributed by atoms with Crippen LogP contribution in [0.15, 0.2) is 146 Å². The molecule has 109 heavy (non-hydrogen) atoms. The molecule has 9 heterocycles. The van der Waals surface area contributed by atoms with Gasteiger partial charge in [0.25, 0.3) is 23.6 Å². The van der Waals surface area contributed by atoms with Crippen molar-refractivity contribution in [3.8, 4) is 17.2 Å². The largest absolute Gasteiger partial charge is 0.495 e. The average Bonchev–Trinajstić information content (AvgIpc) is 1.64. The Morgan fingerprint density at radius 3 is 1.19 bits per heavy atom. The van der Waals surface area contributed by atoms with Crippen LogP contribution in [0.3, 0.4) is 0 Å². The van der Waals surface area contributed by atoms with Gasteiger partial charge < -0.3 is 89.4 Å². The Balaban J connectivity index is 0.000000144. The van der Waals surface area contributed by atoms with Crippen molar-refractivity contribution >= 4 is 121 Å². The van der Waals surface area contributed by atoms with E-state index in [0.717, 1.165) is 130 Å². The summed E-state index contributed by atoms with van der Waals surface area (Å²) in [6.45, 7) is 18.9. The number of likely N-dealkylation sites (N-methyl/N-ethyl adjacent to an activating group) is 2. The van der Waals surface area contributed by atoms with E-state index in [1.165, 1.54) is 0 Å². The number of likely N-dealkylation sites (tertiary alicyclic amines) is 1. The second-order valence-corrected chi connectivity index (χ2v) is 28.0. The number of carbonyl (C=O) groups is 4. The van der Waals surface area contributed by atoms with E-state index in [4.69, 9.17) is 29.2 Å². The second-order valence-electron chi connectivity index (χ2n) is 28.0. The Hall–Kier alpha value is -11.9. The maximum Gasteiger partial charge on any atom is 0.260 e. The molecule has 0 radical (unpaired) electrons. The molecule has 9 aromatic rings. The molecule has 6 aliphatic rings. The molecule has 6 aliphatic heterocycles. The SMILES string of the molecule is CCN1C(=O)c2ccccc2N(C)c2nc(Nc3ccc(C(=O)NC4CCN(C)CC4)cc3OC)ncc21.CCN1C(=O)c2ccccc2N(C)c2nc(Nc3ccc(N4CCN(C)CC4)cc3OC)ncc21.COc1cc(N2CCN(C)CC2)ccc1Nc1ncc2c(n1)N(C)c1ccccc1C(=O)N2C(C)C. The maximum absolute atomic E-state index is 13.4. The molecule has 4 amide bonds. The number of nitrogens with zero attached hydrogens (tertiary/aromatic N) is 17. The Labute approximate surface area is 637 Å². The highest BCUT2D eigenvalue weighted by Crippen LogP contribution is 2.44. The van der Waals surface area contributed by atoms with Gasteiger partial charge >= 0.3 is 0 Å². The molecule has 0 spiro atoms. The summed E-state index contributed by atoms with van der Waals surface area (Å²) in [6.07, 6.45) is 6.96. The topological polar surface area (TPSA) is 257 Å². The number of rotatable bonds is 16. The van der Waals surface area contributed by atoms with Crippen LogP contribution in [0.1, 0.15) is 82.0 Å². The summed E-state index contributed by atoms with van der Waals surface area (Å²) in [5, 5.41) is 13.0. The number of anilines is 17. The molecule has 0 aliphatic carbocycles. The van der Waals surface area contributed by atoms with Crippen LogP contribution in [-0.4, -0.2) is 222 Å². The van der Waals surface area contributed by atoms with Gasteiger partial charge in [-0.1, -0.05) is 36.4 Å². The molecule has 0 unspecified atom stereocenters. The molecule has 0 saturated carbocycles. The number of benzene rings is 6. The van der Waals surface area contributed by atoms with Gasteiger partial charge in [0, 0.05) is 128 Å². The smallest absolute Gasteiger partial charge is 0.260 e. The lowest BCUT2D eigenvalue weighted by Gasteiger charge is -2.34. The van der Waals surface area contributed by atoms with Crippen LogP contribution in [0, 0.1) is 0 Å². The fraction of sp³-hybridized carbons (Fsp3) is 0.358. The first-order chi connectivity index (χ1) is 52.8. The molecule has 15 rings (SSSR count). The number of aromatic nitrogens is 6. The highest BCUT2D eigenvalue weighted by Gasteiger charge is 2.36. The van der Waals surface area contributed by atoms with E-state index in [9.17, 15) is 19.2 Å². The van der Waals surface area contributed by atoms with Crippen molar-refractivity contribution in [3.05, 3.63) is 168 Å². The number of piperidine rings is 1. The van der Waals surface area contributed by atoms with Gasteiger partial charge in [0.15, 0.2) is 17.5 Å². The lowest BCUT2D eigenvalue weighted by Crippen LogP contribution is -2.44. The maximum atomic E-state index is 13.4. The predicted octanol–water partition coefficient (Wildman–Crippen LogP) is 11.6. The molecule has 0 bridgehead atoms. The number of piperazine rings is 2. The Morgan fingerprint density at radius 2 is 0.798 bits per heavy atom. The monoisotopic (exact) mass is 1480 g/mol. The first-order valence-corrected chi connectivity index (χ1v) is 37.0. The highest BCUT2D eigenvalue weighted by atomic mass is 16.5. The van der Waals surface area contributed by atoms with Gasteiger partial charge in [0.05, 0.1) is 90.7 Å². The van der Waals surface area contributed by atoms with Crippen LogP contribution in [0.25, 0.3) is 0 Å². The number of nitrogens with one attached hydrogen (secondary N) is 4. The third-order valence-corrected chi connectivity index (χ3v) is 20.8. The van der Waals surface area contributed by atoms with Gasteiger partial charge in [-0.3, -0.25) is 19.2 Å². The van der Waals surface area contributed by atoms with Gasteiger partial charge in [-0.2, -0.15) is 15.0 Å². The minimum Gasteiger partial charge on any atom is -0.495 e. The molecule has 28 nitrogen and oxygen atoms in total. The second kappa shape index (κ2) is 33.1. The first kappa shape index (κ1) is 75.4. The normalized spacial score (nSPS) is 16.0. The van der Waals surface area contributed by atoms with Crippen molar-refractivity contribution < 1.29 is 33.4 Å². The molecule has 3 fully saturated rings. The van der Waals surface area contributed by atoms with E-state index in [1.54, 1.807) is 72.8 Å². The van der Waals surface area contributed by atoms with Crippen molar-refractivity contribution in [1.82, 2.24) is 49.9 Å². The lowest BCUT2D eigenvalue weighted by molar-refractivity contribution is 0.0914. The van der Waals surface area contributed by atoms with Crippen molar-refractivity contribution in [3.63, 3.8) is 0 Å². The van der Waals surface area contributed by atoms with E-state index in [2.05, 4.69) is 106 Å². The van der Waals surface area contributed by atoms with E-state index >= 15 is 0 Å². The molecule has 3 saturated heterocycles. The van der Waals surface area contributed by atoms with Gasteiger partial charge in [-0.15, -0.1) is 0 Å². The van der Waals surface area contributed by atoms with Gasteiger partial charge in [0.1, 0.15) is 34.3 Å². The van der Waals surface area contributed by atoms with Crippen LogP contribution in [0.4, 0.5) is 97.9 Å². The Morgan fingerprint density at radius 1 is 0.440 bits per heavy atom. The molecule has 568 valence electrons. The van der Waals surface area contributed by atoms with Crippen LogP contribution < -0.4 is 74.7 Å². The van der Waals surface area contributed by atoms with Crippen LogP contribution in [0.5, 0.6) is 17.2 Å². The number of ether oxygens (including phenoxy) is 3. The predicted molar refractivity (Wildman–Crippen MR) is 432 cm³/mol. The summed E-state index contributed by atoms with van der Waals surface area (Å²) in [7, 11) is 17.0. The molecule has 28 heteroatoms. The van der Waals surface area contributed by atoms with Crippen molar-refractivity contribution in [1.29, 1.82) is 0 Å². The van der Waals surface area contributed by atoms with Crippen LogP contribution in [0.2, 0.25) is 0 Å². The number of methoxy groups -OCH3 is 3. The first-order valence-electron chi connectivity index (χ1n) is 37.0. The molecule has 0 atom stereocenters. The summed E-state index contributed by atoms with van der Waals surface area (Å²) >= 11 is 0. The van der Waals surface area contributed by atoms with Gasteiger partial charge in [-0.25, -0.2) is 15.0 Å². The lowest BCUT2D eigenvalue weighted by atomic mass is 10.0. The number of hydrogen-bond acceptors (Lipinski definition) is 24. The Bertz CT molecular complexity index is 4810. The fourth-order valence-corrected chi connectivity index (χ4v) is 14.5. The van der Waals surface area contributed by atoms with E-state index in [-0.39, 0.29) is 35.7 Å². The third-order valence-electron chi connectivity index (χ3n) is 20.8. The number of para-hydroxylation sites is 3. The molecule has 6 aromatic carbocycles. The average molecular weight is 1480 g/mol. The minimum absolute atomic E-state index is 0.0552. The zero-order valence-corrected chi connectivity index (χ0v) is 64.4. The van der Waals surface area contributed by atoms with E-state index in [1.807, 2.05) is 148 Å². The summed E-state index contributed by atoms with van der Waals surface area (Å²) < 4.78 is 17.0. The van der Waals surface area contributed by atoms with E-state index < -0.39 is 0 Å². The summed E-state index contributed by atoms with van der Waals surface area (Å²) in [6, 6.07) is 40.4. The van der Waals surface area contributed by atoms with Crippen molar-refractivity contribution in [2.24, 2.45) is 0 Å². The molecular weight excluding hydrogens is 1380 g/mol. The highest BCUT2D eigenvalue weighted by molar-refractivity contribution is 6.15. The van der Waals surface area contributed by atoms with Gasteiger partial charge in [-0.05, 0) is 154 Å². The zero-order valence-electron chi connectivity index (χ0n) is 64.4. The third kappa shape index (κ3) is 15.9. The van der Waals surface area contributed by atoms with Gasteiger partial charge in [0.2, 0.25) is 17.8 Å². The fourth-order valence-electron chi connectivity index (χ4n) is 14.5. The molecule has 4 N–H and O–H groups in total. The van der Waals surface area contributed by atoms with E-state index in [0.29, 0.717) is 99.1 Å². The molecular formula is C81H97N21O7. The molecule has 3 aromatic heterocycles. The summed E-state index contributed by atoms with van der Waals surface area (Å²) in [5.41, 5.74) is 11.3.